The predicted octanol–water partition coefficient (Wildman–Crippen LogP) is 1.10. The van der Waals surface area contributed by atoms with Crippen LogP contribution in [0.3, 0.4) is 0 Å². The van der Waals surface area contributed by atoms with Gasteiger partial charge in [-0.3, -0.25) is 9.59 Å². The number of likely N-dealkylation sites (N-methyl/N-ethyl adjacent to an activating group) is 1. The molecule has 25 heavy (non-hydrogen) atoms. The second-order valence-corrected chi connectivity index (χ2v) is 6.39. The van der Waals surface area contributed by atoms with Gasteiger partial charge in [-0.25, -0.2) is 0 Å². The second-order valence-electron chi connectivity index (χ2n) is 6.39. The fourth-order valence-corrected chi connectivity index (χ4v) is 3.09. The van der Waals surface area contributed by atoms with Gasteiger partial charge in [-0.15, -0.1) is 0 Å². The van der Waals surface area contributed by atoms with Gasteiger partial charge >= 0.3 is 0 Å². The maximum Gasteiger partial charge on any atom is 0.251 e. The quantitative estimate of drug-likeness (QED) is 0.864. The standard InChI is InChI=1S/C18H25N3O4/c1-20(18(23)16-3-2-10-25-16)13-17(22)19-14-4-6-15(7-5-14)21-8-11-24-12-9-21/h4-7,16H,2-3,8-13H2,1H3,(H,19,22)/t16-/m0/s1. The zero-order chi connectivity index (χ0) is 17.6. The first kappa shape index (κ1) is 17.7. The lowest BCUT2D eigenvalue weighted by molar-refractivity contribution is -0.141. The normalized spacial score (nSPS) is 20.4. The average molecular weight is 347 g/mol. The third kappa shape index (κ3) is 4.70. The summed E-state index contributed by atoms with van der Waals surface area (Å²) < 4.78 is 10.7. The molecule has 7 heteroatoms. The molecule has 1 N–H and O–H groups in total. The molecule has 136 valence electrons. The minimum Gasteiger partial charge on any atom is -0.378 e. The van der Waals surface area contributed by atoms with Gasteiger partial charge in [0.1, 0.15) is 6.10 Å². The number of hydrogen-bond donors (Lipinski definition) is 1. The Labute approximate surface area is 147 Å². The second kappa shape index (κ2) is 8.31. The number of anilines is 2. The summed E-state index contributed by atoms with van der Waals surface area (Å²) >= 11 is 0. The smallest absolute Gasteiger partial charge is 0.251 e. The van der Waals surface area contributed by atoms with E-state index in [2.05, 4.69) is 10.2 Å². The molecule has 2 amide bonds. The highest BCUT2D eigenvalue weighted by molar-refractivity contribution is 5.95. The summed E-state index contributed by atoms with van der Waals surface area (Å²) in [5.41, 5.74) is 1.84. The molecule has 0 unspecified atom stereocenters. The summed E-state index contributed by atoms with van der Waals surface area (Å²) in [5.74, 6) is -0.344. The van der Waals surface area contributed by atoms with Gasteiger partial charge < -0.3 is 24.6 Å². The number of carbonyl (C=O) groups excluding carboxylic acids is 2. The fourth-order valence-electron chi connectivity index (χ4n) is 3.09. The summed E-state index contributed by atoms with van der Waals surface area (Å²) in [7, 11) is 1.63. The van der Waals surface area contributed by atoms with E-state index < -0.39 is 6.10 Å². The zero-order valence-corrected chi connectivity index (χ0v) is 14.6. The Hall–Kier alpha value is -2.12. The molecule has 2 fully saturated rings. The van der Waals surface area contributed by atoms with E-state index in [1.807, 2.05) is 24.3 Å². The van der Waals surface area contributed by atoms with Crippen molar-refractivity contribution in [1.82, 2.24) is 4.90 Å². The van der Waals surface area contributed by atoms with Gasteiger partial charge in [-0.05, 0) is 37.1 Å². The lowest BCUT2D eigenvalue weighted by atomic mass is 10.2. The zero-order valence-electron chi connectivity index (χ0n) is 14.6. The molecule has 1 aromatic carbocycles. The lowest BCUT2D eigenvalue weighted by Crippen LogP contribution is -2.40. The number of amides is 2. The van der Waals surface area contributed by atoms with Crippen LogP contribution in [0.25, 0.3) is 0 Å². The number of carbonyl (C=O) groups is 2. The Bertz CT molecular complexity index is 593. The highest BCUT2D eigenvalue weighted by Gasteiger charge is 2.27. The Morgan fingerprint density at radius 2 is 1.92 bits per heavy atom. The first-order valence-electron chi connectivity index (χ1n) is 8.72. The van der Waals surface area contributed by atoms with Gasteiger partial charge in [0.05, 0.1) is 19.8 Å². The molecule has 2 aliphatic heterocycles. The SMILES string of the molecule is CN(CC(=O)Nc1ccc(N2CCOCC2)cc1)C(=O)[C@@H]1CCCO1. The molecule has 0 bridgehead atoms. The Morgan fingerprint density at radius 1 is 1.20 bits per heavy atom. The largest absolute Gasteiger partial charge is 0.378 e. The van der Waals surface area contributed by atoms with Crippen molar-refractivity contribution in [2.24, 2.45) is 0 Å². The van der Waals surface area contributed by atoms with Gasteiger partial charge in [0, 0.05) is 38.1 Å². The molecule has 2 heterocycles. The first-order chi connectivity index (χ1) is 12.1. The molecule has 2 aliphatic rings. The van der Waals surface area contributed by atoms with Gasteiger partial charge in [-0.1, -0.05) is 0 Å². The molecule has 1 aromatic rings. The van der Waals surface area contributed by atoms with Crippen LogP contribution in [-0.2, 0) is 19.1 Å². The van der Waals surface area contributed by atoms with E-state index in [0.29, 0.717) is 6.61 Å². The van der Waals surface area contributed by atoms with Crippen molar-refractivity contribution < 1.29 is 19.1 Å². The number of nitrogens with one attached hydrogen (secondary N) is 1. The van der Waals surface area contributed by atoms with E-state index in [-0.39, 0.29) is 18.4 Å². The van der Waals surface area contributed by atoms with Crippen LogP contribution in [0.1, 0.15) is 12.8 Å². The molecular formula is C18H25N3O4. The van der Waals surface area contributed by atoms with E-state index >= 15 is 0 Å². The van der Waals surface area contributed by atoms with Crippen LogP contribution in [0, 0.1) is 0 Å². The van der Waals surface area contributed by atoms with Crippen molar-refractivity contribution in [2.75, 3.05) is 56.7 Å². The average Bonchev–Trinajstić information content (AvgIpc) is 3.17. The molecule has 7 nitrogen and oxygen atoms in total. The number of rotatable bonds is 5. The van der Waals surface area contributed by atoms with Crippen molar-refractivity contribution in [2.45, 2.75) is 18.9 Å². The summed E-state index contributed by atoms with van der Waals surface area (Å²) in [6, 6.07) is 7.74. The number of ether oxygens (including phenoxy) is 2. The molecule has 3 rings (SSSR count). The lowest BCUT2D eigenvalue weighted by Gasteiger charge is -2.29. The van der Waals surface area contributed by atoms with E-state index in [0.717, 1.165) is 50.5 Å². The Morgan fingerprint density at radius 3 is 2.56 bits per heavy atom. The third-order valence-electron chi connectivity index (χ3n) is 4.49. The third-order valence-corrected chi connectivity index (χ3v) is 4.49. The fraction of sp³-hybridized carbons (Fsp3) is 0.556. The summed E-state index contributed by atoms with van der Waals surface area (Å²) in [4.78, 5) is 28.0. The summed E-state index contributed by atoms with van der Waals surface area (Å²) in [6.07, 6.45) is 1.23. The first-order valence-corrected chi connectivity index (χ1v) is 8.72. The minimum absolute atomic E-state index is 0.0178. The van der Waals surface area contributed by atoms with Crippen LogP contribution in [0.2, 0.25) is 0 Å². The Kier molecular flexibility index (Phi) is 5.88. The molecule has 0 saturated carbocycles. The summed E-state index contributed by atoms with van der Waals surface area (Å²) in [5, 5.41) is 2.83. The van der Waals surface area contributed by atoms with Crippen LogP contribution in [0.15, 0.2) is 24.3 Å². The molecule has 0 radical (unpaired) electrons. The monoisotopic (exact) mass is 347 g/mol. The predicted molar refractivity (Wildman–Crippen MR) is 94.7 cm³/mol. The van der Waals surface area contributed by atoms with E-state index in [1.54, 1.807) is 7.05 Å². The number of nitrogens with zero attached hydrogens (tertiary/aromatic N) is 2. The van der Waals surface area contributed by atoms with Crippen LogP contribution >= 0.6 is 0 Å². The van der Waals surface area contributed by atoms with Crippen LogP contribution < -0.4 is 10.2 Å². The maximum atomic E-state index is 12.2. The molecule has 1 atom stereocenters. The minimum atomic E-state index is -0.398. The topological polar surface area (TPSA) is 71.1 Å². The van der Waals surface area contributed by atoms with E-state index in [9.17, 15) is 9.59 Å². The van der Waals surface area contributed by atoms with E-state index in [4.69, 9.17) is 9.47 Å². The number of morpholine rings is 1. The molecule has 2 saturated heterocycles. The van der Waals surface area contributed by atoms with Crippen molar-refractivity contribution in [3.63, 3.8) is 0 Å². The molecule has 0 aliphatic carbocycles. The van der Waals surface area contributed by atoms with E-state index in [1.165, 1.54) is 4.90 Å². The molecule has 0 aromatic heterocycles. The highest BCUT2D eigenvalue weighted by Crippen LogP contribution is 2.19. The van der Waals surface area contributed by atoms with Crippen molar-refractivity contribution in [1.29, 1.82) is 0 Å². The van der Waals surface area contributed by atoms with Crippen LogP contribution in [-0.4, -0.2) is 69.3 Å². The number of benzene rings is 1. The van der Waals surface area contributed by atoms with Crippen molar-refractivity contribution in [3.8, 4) is 0 Å². The van der Waals surface area contributed by atoms with Crippen molar-refractivity contribution in [3.05, 3.63) is 24.3 Å². The highest BCUT2D eigenvalue weighted by atomic mass is 16.5. The van der Waals surface area contributed by atoms with Gasteiger partial charge in [0.25, 0.3) is 5.91 Å². The number of hydrogen-bond acceptors (Lipinski definition) is 5. The van der Waals surface area contributed by atoms with Gasteiger partial charge in [-0.2, -0.15) is 0 Å². The van der Waals surface area contributed by atoms with Gasteiger partial charge in [0.2, 0.25) is 5.91 Å². The van der Waals surface area contributed by atoms with Crippen LogP contribution in [0.5, 0.6) is 0 Å². The summed E-state index contributed by atoms with van der Waals surface area (Å²) in [6.45, 7) is 3.87. The molecular weight excluding hydrogens is 322 g/mol. The maximum absolute atomic E-state index is 12.2. The van der Waals surface area contributed by atoms with Crippen molar-refractivity contribution >= 4 is 23.2 Å². The Balaban J connectivity index is 1.49. The van der Waals surface area contributed by atoms with Crippen LogP contribution in [0.4, 0.5) is 11.4 Å². The van der Waals surface area contributed by atoms with Gasteiger partial charge in [0.15, 0.2) is 0 Å². The molecule has 0 spiro atoms.